The molecule has 2 rings (SSSR count). The average molecular weight is 281 g/mol. The highest BCUT2D eigenvalue weighted by Gasteiger charge is 2.23. The van der Waals surface area contributed by atoms with Crippen LogP contribution in [0.1, 0.15) is 43.5 Å². The number of likely N-dealkylation sites (tertiary alicyclic amines) is 1. The van der Waals surface area contributed by atoms with Crippen molar-refractivity contribution in [2.75, 3.05) is 13.1 Å². The van der Waals surface area contributed by atoms with Gasteiger partial charge in [-0.3, -0.25) is 4.79 Å². The van der Waals surface area contributed by atoms with Crippen molar-refractivity contribution in [3.63, 3.8) is 0 Å². The number of carbonyl (C=O) groups excluding carboxylic acids is 1. The summed E-state index contributed by atoms with van der Waals surface area (Å²) in [6, 6.07) is 3.38. The zero-order valence-corrected chi connectivity index (χ0v) is 12.4. The number of aromatic nitrogens is 1. The minimum absolute atomic E-state index is 0.0775. The minimum atomic E-state index is 0.0775. The van der Waals surface area contributed by atoms with E-state index in [1.165, 1.54) is 6.42 Å². The van der Waals surface area contributed by atoms with Gasteiger partial charge in [-0.2, -0.15) is 0 Å². The molecule has 19 heavy (non-hydrogen) atoms. The first kappa shape index (κ1) is 14.3. The van der Waals surface area contributed by atoms with Gasteiger partial charge in [-0.25, -0.2) is 4.98 Å². The number of hydrogen-bond acceptors (Lipinski definition) is 2. The highest BCUT2D eigenvalue weighted by molar-refractivity contribution is 6.29. The summed E-state index contributed by atoms with van der Waals surface area (Å²) < 4.78 is 0. The van der Waals surface area contributed by atoms with Crippen molar-refractivity contribution >= 4 is 17.5 Å². The Morgan fingerprint density at radius 1 is 1.42 bits per heavy atom. The molecule has 1 fully saturated rings. The van der Waals surface area contributed by atoms with Crippen LogP contribution < -0.4 is 0 Å². The third-order valence-corrected chi connectivity index (χ3v) is 4.18. The van der Waals surface area contributed by atoms with Crippen molar-refractivity contribution in [3.8, 4) is 0 Å². The largest absolute Gasteiger partial charge is 0.339 e. The number of halogens is 1. The second-order valence-electron chi connectivity index (χ2n) is 5.59. The molecular formula is C15H21ClN2O. The van der Waals surface area contributed by atoms with E-state index in [1.54, 1.807) is 18.3 Å². The van der Waals surface area contributed by atoms with E-state index < -0.39 is 0 Å². The summed E-state index contributed by atoms with van der Waals surface area (Å²) >= 11 is 5.84. The number of nitrogens with zero attached hydrogens (tertiary/aromatic N) is 2. The lowest BCUT2D eigenvalue weighted by molar-refractivity contribution is 0.0758. The van der Waals surface area contributed by atoms with Crippen LogP contribution in [0, 0.1) is 11.8 Å². The Labute approximate surface area is 120 Å². The van der Waals surface area contributed by atoms with Crippen molar-refractivity contribution in [3.05, 3.63) is 29.0 Å². The van der Waals surface area contributed by atoms with Crippen LogP contribution in [-0.4, -0.2) is 28.9 Å². The van der Waals surface area contributed by atoms with E-state index in [1.807, 2.05) is 4.90 Å². The molecular weight excluding hydrogens is 260 g/mol. The Kier molecular flexibility index (Phi) is 4.81. The third-order valence-electron chi connectivity index (χ3n) is 3.98. The molecule has 1 aromatic heterocycles. The lowest BCUT2D eigenvalue weighted by atomic mass is 9.89. The van der Waals surface area contributed by atoms with Gasteiger partial charge in [-0.1, -0.05) is 25.4 Å². The molecule has 1 aliphatic heterocycles. The van der Waals surface area contributed by atoms with Crippen molar-refractivity contribution < 1.29 is 4.79 Å². The van der Waals surface area contributed by atoms with E-state index in [0.29, 0.717) is 16.6 Å². The van der Waals surface area contributed by atoms with E-state index in [0.717, 1.165) is 31.8 Å². The molecule has 2 heterocycles. The molecule has 0 saturated carbocycles. The van der Waals surface area contributed by atoms with Crippen LogP contribution in [0.25, 0.3) is 0 Å². The zero-order valence-electron chi connectivity index (χ0n) is 11.6. The molecule has 1 unspecified atom stereocenters. The Bertz CT molecular complexity index is 448. The van der Waals surface area contributed by atoms with Gasteiger partial charge in [0.15, 0.2) is 0 Å². The van der Waals surface area contributed by atoms with Gasteiger partial charge < -0.3 is 4.90 Å². The summed E-state index contributed by atoms with van der Waals surface area (Å²) in [5.74, 6) is 1.51. The highest BCUT2D eigenvalue weighted by Crippen LogP contribution is 2.25. The fourth-order valence-electron chi connectivity index (χ4n) is 2.71. The van der Waals surface area contributed by atoms with Crippen LogP contribution in [0.5, 0.6) is 0 Å². The van der Waals surface area contributed by atoms with Gasteiger partial charge >= 0.3 is 0 Å². The summed E-state index contributed by atoms with van der Waals surface area (Å²) in [5.41, 5.74) is 0.642. The fraction of sp³-hybridized carbons (Fsp3) is 0.600. The van der Waals surface area contributed by atoms with Gasteiger partial charge in [0, 0.05) is 24.8 Å². The molecule has 3 nitrogen and oxygen atoms in total. The summed E-state index contributed by atoms with van der Waals surface area (Å²) in [5, 5.41) is 0.376. The molecule has 1 aliphatic rings. The Morgan fingerprint density at radius 3 is 2.89 bits per heavy atom. The highest BCUT2D eigenvalue weighted by atomic mass is 35.5. The fourth-order valence-corrected chi connectivity index (χ4v) is 2.88. The number of carbonyl (C=O) groups is 1. The van der Waals surface area contributed by atoms with Crippen LogP contribution in [0.2, 0.25) is 5.15 Å². The first-order valence-corrected chi connectivity index (χ1v) is 7.36. The van der Waals surface area contributed by atoms with E-state index in [9.17, 15) is 4.79 Å². The maximum Gasteiger partial charge on any atom is 0.254 e. The number of pyridine rings is 1. The van der Waals surface area contributed by atoms with Gasteiger partial charge in [-0.15, -0.1) is 0 Å². The standard InChI is InChI=1S/C15H21ClN2O/c1-11(2)12-4-3-8-18(9-6-12)15(19)13-5-7-17-14(16)10-13/h5,7,10-12H,3-4,6,8-9H2,1-2H3. The van der Waals surface area contributed by atoms with Gasteiger partial charge in [-0.05, 0) is 43.2 Å². The average Bonchev–Trinajstić information content (AvgIpc) is 2.63. The summed E-state index contributed by atoms with van der Waals surface area (Å²) in [6.07, 6.45) is 5.00. The first-order valence-electron chi connectivity index (χ1n) is 6.98. The molecule has 104 valence electrons. The lowest BCUT2D eigenvalue weighted by Gasteiger charge is -2.21. The molecule has 0 aliphatic carbocycles. The molecule has 0 radical (unpaired) electrons. The van der Waals surface area contributed by atoms with Crippen molar-refractivity contribution in [2.45, 2.75) is 33.1 Å². The molecule has 1 atom stereocenters. The topological polar surface area (TPSA) is 33.2 Å². The molecule has 0 N–H and O–H groups in total. The molecule has 1 amide bonds. The van der Waals surface area contributed by atoms with E-state index in [-0.39, 0.29) is 5.91 Å². The molecule has 1 saturated heterocycles. The second-order valence-corrected chi connectivity index (χ2v) is 5.98. The van der Waals surface area contributed by atoms with E-state index >= 15 is 0 Å². The number of amides is 1. The predicted molar refractivity (Wildman–Crippen MR) is 77.3 cm³/mol. The van der Waals surface area contributed by atoms with Crippen molar-refractivity contribution in [1.82, 2.24) is 9.88 Å². The van der Waals surface area contributed by atoms with Crippen LogP contribution in [0.3, 0.4) is 0 Å². The minimum Gasteiger partial charge on any atom is -0.339 e. The maximum atomic E-state index is 12.4. The quantitative estimate of drug-likeness (QED) is 0.775. The molecule has 1 aromatic rings. The van der Waals surface area contributed by atoms with Gasteiger partial charge in [0.1, 0.15) is 5.15 Å². The van der Waals surface area contributed by atoms with Gasteiger partial charge in [0.25, 0.3) is 5.91 Å². The molecule has 4 heteroatoms. The lowest BCUT2D eigenvalue weighted by Crippen LogP contribution is -2.32. The summed E-state index contributed by atoms with van der Waals surface area (Å²) in [7, 11) is 0. The Balaban J connectivity index is 2.04. The van der Waals surface area contributed by atoms with Crippen LogP contribution >= 0.6 is 11.6 Å². The summed E-state index contributed by atoms with van der Waals surface area (Å²) in [6.45, 7) is 6.24. The smallest absolute Gasteiger partial charge is 0.254 e. The number of hydrogen-bond donors (Lipinski definition) is 0. The molecule has 0 bridgehead atoms. The Hall–Kier alpha value is -1.09. The maximum absolute atomic E-state index is 12.4. The normalized spacial score (nSPS) is 20.4. The first-order chi connectivity index (χ1) is 9.08. The van der Waals surface area contributed by atoms with Crippen molar-refractivity contribution in [2.24, 2.45) is 11.8 Å². The van der Waals surface area contributed by atoms with Crippen LogP contribution in [0.15, 0.2) is 18.3 Å². The van der Waals surface area contributed by atoms with Crippen molar-refractivity contribution in [1.29, 1.82) is 0 Å². The monoisotopic (exact) mass is 280 g/mol. The van der Waals surface area contributed by atoms with Gasteiger partial charge in [0.05, 0.1) is 0 Å². The van der Waals surface area contributed by atoms with Gasteiger partial charge in [0.2, 0.25) is 0 Å². The van der Waals surface area contributed by atoms with Crippen LogP contribution in [-0.2, 0) is 0 Å². The van der Waals surface area contributed by atoms with E-state index in [2.05, 4.69) is 18.8 Å². The molecule has 0 aromatic carbocycles. The van der Waals surface area contributed by atoms with E-state index in [4.69, 9.17) is 11.6 Å². The summed E-state index contributed by atoms with van der Waals surface area (Å²) in [4.78, 5) is 18.3. The Morgan fingerprint density at radius 2 is 2.21 bits per heavy atom. The third kappa shape index (κ3) is 3.69. The SMILES string of the molecule is CC(C)C1CCCN(C(=O)c2ccnc(Cl)c2)CC1. The predicted octanol–water partition coefficient (Wildman–Crippen LogP) is 3.63. The second kappa shape index (κ2) is 6.38. The zero-order chi connectivity index (χ0) is 13.8. The van der Waals surface area contributed by atoms with Crippen LogP contribution in [0.4, 0.5) is 0 Å². The molecule has 0 spiro atoms. The number of rotatable bonds is 2.